The van der Waals surface area contributed by atoms with Gasteiger partial charge >= 0.3 is 0 Å². The summed E-state index contributed by atoms with van der Waals surface area (Å²) in [5.74, 6) is -2.62. The van der Waals surface area contributed by atoms with E-state index in [0.717, 1.165) is 28.8 Å². The van der Waals surface area contributed by atoms with Crippen LogP contribution in [0.2, 0.25) is 0 Å². The van der Waals surface area contributed by atoms with E-state index in [1.807, 2.05) is 55.5 Å². The van der Waals surface area contributed by atoms with Gasteiger partial charge in [0.2, 0.25) is 5.91 Å². The fourth-order valence-corrected chi connectivity index (χ4v) is 3.39. The summed E-state index contributed by atoms with van der Waals surface area (Å²) in [6, 6.07) is 18.7. The summed E-state index contributed by atoms with van der Waals surface area (Å²) in [6.07, 6.45) is 0.137. The van der Waals surface area contributed by atoms with Gasteiger partial charge in [0.15, 0.2) is 5.78 Å². The first kappa shape index (κ1) is 21.4. The third-order valence-electron chi connectivity index (χ3n) is 4.98. The minimum Gasteiger partial charge on any atom is -0.350 e. The van der Waals surface area contributed by atoms with E-state index in [9.17, 15) is 18.4 Å². The number of hydrogen-bond donors (Lipinski definition) is 1. The van der Waals surface area contributed by atoms with Crippen LogP contribution in [0.15, 0.2) is 66.7 Å². The van der Waals surface area contributed by atoms with Crippen molar-refractivity contribution in [2.24, 2.45) is 0 Å². The molecule has 0 aliphatic rings. The van der Waals surface area contributed by atoms with Crippen LogP contribution in [0.5, 0.6) is 0 Å². The van der Waals surface area contributed by atoms with E-state index in [4.69, 9.17) is 0 Å². The van der Waals surface area contributed by atoms with Gasteiger partial charge in [-0.1, -0.05) is 60.2 Å². The number of halogens is 2. The summed E-state index contributed by atoms with van der Waals surface area (Å²) in [6.45, 7) is 3.42. The van der Waals surface area contributed by atoms with Gasteiger partial charge in [0.25, 0.3) is 0 Å². The van der Waals surface area contributed by atoms with Crippen LogP contribution in [0, 0.1) is 18.6 Å². The van der Waals surface area contributed by atoms with Gasteiger partial charge in [-0.05, 0) is 42.2 Å². The Balaban J connectivity index is 1.76. The standard InChI is InChI=1S/C25H23F2NO2/c1-16-6-8-18(9-7-16)19-10-12-20(13-11-19)23(28-17(2)29)14-15-24(30)25-21(26)4-3-5-22(25)27/h3-13,23H,14-15H2,1-2H3,(H,28,29). The van der Waals surface area contributed by atoms with Crippen LogP contribution in [0.1, 0.15) is 47.3 Å². The minimum atomic E-state index is -0.876. The van der Waals surface area contributed by atoms with E-state index >= 15 is 0 Å². The fraction of sp³-hybridized carbons (Fsp3) is 0.200. The summed E-state index contributed by atoms with van der Waals surface area (Å²) >= 11 is 0. The molecule has 3 rings (SSSR count). The predicted molar refractivity (Wildman–Crippen MR) is 113 cm³/mol. The molecular weight excluding hydrogens is 384 g/mol. The molecule has 1 N–H and O–H groups in total. The lowest BCUT2D eigenvalue weighted by atomic mass is 9.95. The van der Waals surface area contributed by atoms with Crippen LogP contribution in [0.3, 0.4) is 0 Å². The van der Waals surface area contributed by atoms with Gasteiger partial charge in [-0.15, -0.1) is 0 Å². The van der Waals surface area contributed by atoms with Crippen molar-refractivity contribution in [3.05, 3.63) is 95.1 Å². The molecule has 3 nitrogen and oxygen atoms in total. The quantitative estimate of drug-likeness (QED) is 0.505. The fourth-order valence-electron chi connectivity index (χ4n) is 3.39. The number of nitrogens with one attached hydrogen (secondary N) is 1. The Labute approximate surface area is 174 Å². The smallest absolute Gasteiger partial charge is 0.217 e. The van der Waals surface area contributed by atoms with Gasteiger partial charge in [0.05, 0.1) is 11.6 Å². The molecule has 0 saturated carbocycles. The van der Waals surface area contributed by atoms with Crippen molar-refractivity contribution in [2.45, 2.75) is 32.7 Å². The molecule has 5 heteroatoms. The molecule has 1 unspecified atom stereocenters. The molecule has 0 fully saturated rings. The maximum absolute atomic E-state index is 13.9. The molecule has 0 aliphatic carbocycles. The summed E-state index contributed by atoms with van der Waals surface area (Å²) < 4.78 is 27.7. The average molecular weight is 407 g/mol. The van der Waals surface area contributed by atoms with Crippen molar-refractivity contribution >= 4 is 11.7 Å². The number of aryl methyl sites for hydroxylation is 1. The van der Waals surface area contributed by atoms with Crippen molar-refractivity contribution in [2.75, 3.05) is 0 Å². The molecule has 0 heterocycles. The summed E-state index contributed by atoms with van der Waals surface area (Å²) in [5.41, 5.74) is 3.58. The average Bonchev–Trinajstić information content (AvgIpc) is 2.71. The third kappa shape index (κ3) is 5.17. The SMILES string of the molecule is CC(=O)NC(CCC(=O)c1c(F)cccc1F)c1ccc(-c2ccc(C)cc2)cc1. The largest absolute Gasteiger partial charge is 0.350 e. The molecule has 0 spiro atoms. The highest BCUT2D eigenvalue weighted by atomic mass is 19.1. The van der Waals surface area contributed by atoms with Crippen molar-refractivity contribution < 1.29 is 18.4 Å². The van der Waals surface area contributed by atoms with Crippen LogP contribution < -0.4 is 5.32 Å². The summed E-state index contributed by atoms with van der Waals surface area (Å²) in [7, 11) is 0. The molecule has 3 aromatic rings. The Bertz CT molecular complexity index is 1020. The summed E-state index contributed by atoms with van der Waals surface area (Å²) in [4.78, 5) is 24.0. The first-order valence-corrected chi connectivity index (χ1v) is 9.76. The summed E-state index contributed by atoms with van der Waals surface area (Å²) in [5, 5.41) is 2.82. The second-order valence-electron chi connectivity index (χ2n) is 7.30. The normalized spacial score (nSPS) is 11.7. The lowest BCUT2D eigenvalue weighted by Gasteiger charge is -2.19. The van der Waals surface area contributed by atoms with Crippen LogP contribution in [-0.2, 0) is 4.79 Å². The molecule has 1 atom stereocenters. The highest BCUT2D eigenvalue weighted by Crippen LogP contribution is 2.26. The number of carbonyl (C=O) groups is 2. The number of carbonyl (C=O) groups excluding carboxylic acids is 2. The van der Waals surface area contributed by atoms with Crippen molar-refractivity contribution in [1.82, 2.24) is 5.32 Å². The van der Waals surface area contributed by atoms with Gasteiger partial charge in [0, 0.05) is 13.3 Å². The van der Waals surface area contributed by atoms with Gasteiger partial charge in [0.1, 0.15) is 11.6 Å². The van der Waals surface area contributed by atoms with Gasteiger partial charge in [-0.25, -0.2) is 8.78 Å². The van der Waals surface area contributed by atoms with Gasteiger partial charge in [-0.3, -0.25) is 9.59 Å². The number of benzene rings is 3. The molecule has 0 aromatic heterocycles. The molecular formula is C25H23F2NO2. The molecule has 0 radical (unpaired) electrons. The second kappa shape index (κ2) is 9.44. The zero-order chi connectivity index (χ0) is 21.7. The first-order chi connectivity index (χ1) is 14.3. The van der Waals surface area contributed by atoms with Crippen molar-refractivity contribution in [3.8, 4) is 11.1 Å². The van der Waals surface area contributed by atoms with Gasteiger partial charge in [-0.2, -0.15) is 0 Å². The Morgan fingerprint density at radius 2 is 1.40 bits per heavy atom. The van der Waals surface area contributed by atoms with Crippen molar-refractivity contribution in [1.29, 1.82) is 0 Å². The number of amides is 1. The van der Waals surface area contributed by atoms with Crippen LogP contribution in [-0.4, -0.2) is 11.7 Å². The maximum Gasteiger partial charge on any atom is 0.217 e. The Morgan fingerprint density at radius 1 is 0.867 bits per heavy atom. The molecule has 0 bridgehead atoms. The molecule has 0 saturated heterocycles. The molecule has 154 valence electrons. The monoisotopic (exact) mass is 407 g/mol. The number of Topliss-reactive ketones (excluding diaryl/α,β-unsaturated/α-hetero) is 1. The van der Waals surface area contributed by atoms with E-state index < -0.39 is 29.0 Å². The number of rotatable bonds is 7. The van der Waals surface area contributed by atoms with Crippen LogP contribution in [0.25, 0.3) is 11.1 Å². The Morgan fingerprint density at radius 3 is 1.93 bits per heavy atom. The molecule has 3 aromatic carbocycles. The first-order valence-electron chi connectivity index (χ1n) is 9.76. The minimum absolute atomic E-state index is 0.0947. The van der Waals surface area contributed by atoms with Crippen LogP contribution in [0.4, 0.5) is 8.78 Å². The lowest BCUT2D eigenvalue weighted by Crippen LogP contribution is -2.26. The van der Waals surface area contributed by atoms with E-state index in [1.165, 1.54) is 18.6 Å². The number of ketones is 1. The van der Waals surface area contributed by atoms with Crippen LogP contribution >= 0.6 is 0 Å². The topological polar surface area (TPSA) is 46.2 Å². The zero-order valence-corrected chi connectivity index (χ0v) is 16.9. The highest BCUT2D eigenvalue weighted by Gasteiger charge is 2.20. The van der Waals surface area contributed by atoms with E-state index in [1.54, 1.807) is 0 Å². The highest BCUT2D eigenvalue weighted by molar-refractivity contribution is 5.96. The molecule has 1 amide bonds. The predicted octanol–water partition coefficient (Wildman–Crippen LogP) is 5.78. The third-order valence-corrected chi connectivity index (χ3v) is 4.98. The van der Waals surface area contributed by atoms with E-state index in [-0.39, 0.29) is 18.7 Å². The van der Waals surface area contributed by atoms with Gasteiger partial charge < -0.3 is 5.32 Å². The van der Waals surface area contributed by atoms with Crippen molar-refractivity contribution in [3.63, 3.8) is 0 Å². The molecule has 0 aliphatic heterocycles. The number of hydrogen-bond acceptors (Lipinski definition) is 2. The second-order valence-corrected chi connectivity index (χ2v) is 7.30. The maximum atomic E-state index is 13.9. The van der Waals surface area contributed by atoms with E-state index in [2.05, 4.69) is 5.32 Å². The van der Waals surface area contributed by atoms with E-state index in [0.29, 0.717) is 0 Å². The lowest BCUT2D eigenvalue weighted by molar-refractivity contribution is -0.119. The Hall–Kier alpha value is -3.34. The zero-order valence-electron chi connectivity index (χ0n) is 16.9. The Kier molecular flexibility index (Phi) is 6.72. The molecule has 30 heavy (non-hydrogen) atoms.